The fraction of sp³-hybridized carbons (Fsp3) is 0.500. The number of alkyl halides is 1. The summed E-state index contributed by atoms with van der Waals surface area (Å²) >= 11 is 3.53. The second-order valence-electron chi connectivity index (χ2n) is 4.54. The van der Waals surface area contributed by atoms with Gasteiger partial charge < -0.3 is 14.2 Å². The van der Waals surface area contributed by atoms with Crippen LogP contribution in [-0.4, -0.2) is 36.7 Å². The minimum absolute atomic E-state index is 0.0263. The van der Waals surface area contributed by atoms with E-state index in [-0.39, 0.29) is 24.8 Å². The van der Waals surface area contributed by atoms with Gasteiger partial charge in [0.25, 0.3) is 0 Å². The van der Waals surface area contributed by atoms with E-state index in [2.05, 4.69) is 15.9 Å². The number of rotatable bonds is 4. The maximum atomic E-state index is 11.8. The third-order valence-electron chi connectivity index (χ3n) is 3.13. The van der Waals surface area contributed by atoms with E-state index in [1.807, 2.05) is 6.92 Å². The van der Waals surface area contributed by atoms with Crippen LogP contribution in [0.15, 0.2) is 24.3 Å². The number of benzene rings is 1. The molecule has 0 radical (unpaired) electrons. The van der Waals surface area contributed by atoms with Crippen molar-refractivity contribution < 1.29 is 19.0 Å². The summed E-state index contributed by atoms with van der Waals surface area (Å²) in [6.45, 7) is 2.29. The lowest BCUT2D eigenvalue weighted by Crippen LogP contribution is -2.19. The molecule has 104 valence electrons. The Hall–Kier alpha value is -1.07. The molecule has 0 N–H and O–H groups in total. The first-order valence-corrected chi connectivity index (χ1v) is 7.12. The summed E-state index contributed by atoms with van der Waals surface area (Å²) in [6.07, 6.45) is 0.989. The molecule has 1 fully saturated rings. The molecule has 1 aliphatic rings. The zero-order valence-electron chi connectivity index (χ0n) is 11.0. The molecule has 1 aromatic rings. The molecule has 5 heteroatoms. The molecule has 0 bridgehead atoms. The third-order valence-corrected chi connectivity index (χ3v) is 4.25. The van der Waals surface area contributed by atoms with Crippen molar-refractivity contribution in [1.29, 1.82) is 0 Å². The highest BCUT2D eigenvalue weighted by molar-refractivity contribution is 9.09. The molecule has 0 aliphatic carbocycles. The number of carbonyl (C=O) groups is 1. The van der Waals surface area contributed by atoms with Gasteiger partial charge in [-0.1, -0.05) is 15.9 Å². The molecule has 19 heavy (non-hydrogen) atoms. The van der Waals surface area contributed by atoms with Crippen molar-refractivity contribution >= 4 is 21.9 Å². The Kier molecular flexibility index (Phi) is 4.82. The average molecular weight is 329 g/mol. The lowest BCUT2D eigenvalue weighted by molar-refractivity contribution is -0.00226. The molecular formula is C14H17BrO4. The summed E-state index contributed by atoms with van der Waals surface area (Å²) in [6, 6.07) is 6.84. The Morgan fingerprint density at radius 2 is 2.11 bits per heavy atom. The SMILES string of the molecule is COc1ccc(C(=O)OC[C@@H]2C[C@H](Br)C(C)O2)cc1. The van der Waals surface area contributed by atoms with Crippen molar-refractivity contribution in [2.75, 3.05) is 13.7 Å². The van der Waals surface area contributed by atoms with Gasteiger partial charge in [0, 0.05) is 4.83 Å². The van der Waals surface area contributed by atoms with E-state index in [9.17, 15) is 4.79 Å². The Bertz CT molecular complexity index is 422. The Balaban J connectivity index is 1.84. The van der Waals surface area contributed by atoms with E-state index in [0.29, 0.717) is 16.1 Å². The lowest BCUT2D eigenvalue weighted by Gasteiger charge is -2.11. The number of halogens is 1. The van der Waals surface area contributed by atoms with Crippen LogP contribution in [0.25, 0.3) is 0 Å². The van der Waals surface area contributed by atoms with E-state index in [1.165, 1.54) is 0 Å². The predicted molar refractivity (Wildman–Crippen MR) is 74.9 cm³/mol. The highest BCUT2D eigenvalue weighted by atomic mass is 79.9. The molecule has 2 rings (SSSR count). The summed E-state index contributed by atoms with van der Waals surface area (Å²) in [4.78, 5) is 12.2. The van der Waals surface area contributed by atoms with Gasteiger partial charge in [-0.05, 0) is 37.6 Å². The maximum absolute atomic E-state index is 11.8. The normalized spacial score (nSPS) is 26.2. The number of methoxy groups -OCH3 is 1. The molecule has 1 saturated heterocycles. The van der Waals surface area contributed by atoms with Gasteiger partial charge in [-0.25, -0.2) is 4.79 Å². The van der Waals surface area contributed by atoms with Crippen molar-refractivity contribution in [2.45, 2.75) is 30.4 Å². The van der Waals surface area contributed by atoms with Crippen LogP contribution < -0.4 is 4.74 Å². The van der Waals surface area contributed by atoms with E-state index < -0.39 is 0 Å². The summed E-state index contributed by atoms with van der Waals surface area (Å²) in [5, 5.41) is 0. The summed E-state index contributed by atoms with van der Waals surface area (Å²) in [5.74, 6) is 0.378. The van der Waals surface area contributed by atoms with Crippen LogP contribution >= 0.6 is 15.9 Å². The van der Waals surface area contributed by atoms with Crippen LogP contribution in [0.5, 0.6) is 5.75 Å². The zero-order valence-corrected chi connectivity index (χ0v) is 12.6. The quantitative estimate of drug-likeness (QED) is 0.629. The molecule has 0 spiro atoms. The lowest BCUT2D eigenvalue weighted by atomic mass is 10.2. The Labute approximate surface area is 121 Å². The van der Waals surface area contributed by atoms with Gasteiger partial charge in [0.15, 0.2) is 0 Å². The second-order valence-corrected chi connectivity index (χ2v) is 5.72. The molecule has 0 aromatic heterocycles. The highest BCUT2D eigenvalue weighted by Crippen LogP contribution is 2.26. The molecular weight excluding hydrogens is 312 g/mol. The zero-order chi connectivity index (χ0) is 13.8. The molecule has 0 amide bonds. The summed E-state index contributed by atoms with van der Waals surface area (Å²) in [5.41, 5.74) is 0.516. The van der Waals surface area contributed by atoms with Gasteiger partial charge in [0.05, 0.1) is 24.9 Å². The molecule has 0 saturated carbocycles. The van der Waals surface area contributed by atoms with Crippen LogP contribution in [0.4, 0.5) is 0 Å². The number of esters is 1. The number of hydrogen-bond donors (Lipinski definition) is 0. The van der Waals surface area contributed by atoms with Crippen LogP contribution in [-0.2, 0) is 9.47 Å². The van der Waals surface area contributed by atoms with Crippen LogP contribution in [0.1, 0.15) is 23.7 Å². The van der Waals surface area contributed by atoms with Crippen molar-refractivity contribution in [1.82, 2.24) is 0 Å². The summed E-state index contributed by atoms with van der Waals surface area (Å²) in [7, 11) is 1.59. The smallest absolute Gasteiger partial charge is 0.338 e. The van der Waals surface area contributed by atoms with Crippen LogP contribution in [0.2, 0.25) is 0 Å². The first kappa shape index (κ1) is 14.3. The molecule has 1 heterocycles. The molecule has 1 aromatic carbocycles. The molecule has 4 nitrogen and oxygen atoms in total. The number of hydrogen-bond acceptors (Lipinski definition) is 4. The van der Waals surface area contributed by atoms with E-state index in [1.54, 1.807) is 31.4 Å². The predicted octanol–water partition coefficient (Wildman–Crippen LogP) is 2.79. The van der Waals surface area contributed by atoms with Crippen LogP contribution in [0, 0.1) is 0 Å². The van der Waals surface area contributed by atoms with Gasteiger partial charge in [-0.3, -0.25) is 0 Å². The number of carbonyl (C=O) groups excluding carboxylic acids is 1. The fourth-order valence-corrected chi connectivity index (χ4v) is 2.52. The molecule has 1 aliphatic heterocycles. The van der Waals surface area contributed by atoms with E-state index >= 15 is 0 Å². The highest BCUT2D eigenvalue weighted by Gasteiger charge is 2.31. The van der Waals surface area contributed by atoms with E-state index in [4.69, 9.17) is 14.2 Å². The Morgan fingerprint density at radius 3 is 2.63 bits per heavy atom. The molecule has 3 atom stereocenters. The first-order chi connectivity index (χ1) is 9.10. The minimum Gasteiger partial charge on any atom is -0.497 e. The van der Waals surface area contributed by atoms with Gasteiger partial charge in [0.1, 0.15) is 12.4 Å². The number of ether oxygens (including phenoxy) is 3. The second kappa shape index (κ2) is 6.39. The topological polar surface area (TPSA) is 44.8 Å². The third kappa shape index (κ3) is 3.70. The van der Waals surface area contributed by atoms with E-state index in [0.717, 1.165) is 6.42 Å². The molecule has 1 unspecified atom stereocenters. The van der Waals surface area contributed by atoms with Crippen molar-refractivity contribution in [3.05, 3.63) is 29.8 Å². The van der Waals surface area contributed by atoms with Crippen molar-refractivity contribution in [3.8, 4) is 5.75 Å². The van der Waals surface area contributed by atoms with Gasteiger partial charge >= 0.3 is 5.97 Å². The van der Waals surface area contributed by atoms with Crippen LogP contribution in [0.3, 0.4) is 0 Å². The average Bonchev–Trinajstić information content (AvgIpc) is 2.75. The Morgan fingerprint density at radius 1 is 1.42 bits per heavy atom. The van der Waals surface area contributed by atoms with Gasteiger partial charge in [-0.2, -0.15) is 0 Å². The maximum Gasteiger partial charge on any atom is 0.338 e. The summed E-state index contributed by atoms with van der Waals surface area (Å²) < 4.78 is 15.9. The van der Waals surface area contributed by atoms with Gasteiger partial charge in [0.2, 0.25) is 0 Å². The standard InChI is InChI=1S/C14H17BrO4/c1-9-13(15)7-12(19-9)8-18-14(16)10-3-5-11(17-2)6-4-10/h3-6,9,12-13H,7-8H2,1-2H3/t9?,12-,13-/m0/s1. The van der Waals surface area contributed by atoms with Crippen molar-refractivity contribution in [3.63, 3.8) is 0 Å². The fourth-order valence-electron chi connectivity index (χ4n) is 1.97. The largest absolute Gasteiger partial charge is 0.497 e. The van der Waals surface area contributed by atoms with Gasteiger partial charge in [-0.15, -0.1) is 0 Å². The monoisotopic (exact) mass is 328 g/mol. The minimum atomic E-state index is -0.336. The van der Waals surface area contributed by atoms with Crippen molar-refractivity contribution in [2.24, 2.45) is 0 Å². The first-order valence-electron chi connectivity index (χ1n) is 6.21.